The smallest absolute Gasteiger partial charge is 0.267 e. The molecule has 0 spiro atoms. The van der Waals surface area contributed by atoms with Crippen LogP contribution in [0, 0.1) is 0 Å². The van der Waals surface area contributed by atoms with E-state index < -0.39 is 0 Å². The highest BCUT2D eigenvalue weighted by atomic mass is 35.5. The second kappa shape index (κ2) is 6.97. The van der Waals surface area contributed by atoms with Gasteiger partial charge in [-0.25, -0.2) is 5.43 Å². The van der Waals surface area contributed by atoms with Crippen LogP contribution in [-0.2, 0) is 5.41 Å². The minimum absolute atomic E-state index is 0.115. The lowest BCUT2D eigenvalue weighted by Crippen LogP contribution is -2.19. The molecule has 0 aliphatic carbocycles. The topological polar surface area (TPSA) is 41.5 Å². The van der Waals surface area contributed by atoms with E-state index in [0.29, 0.717) is 10.6 Å². The van der Waals surface area contributed by atoms with Crippen LogP contribution in [0.2, 0.25) is 5.02 Å². The number of benzene rings is 2. The van der Waals surface area contributed by atoms with Crippen molar-refractivity contribution in [1.29, 1.82) is 0 Å². The third kappa shape index (κ3) is 4.67. The highest BCUT2D eigenvalue weighted by molar-refractivity contribution is 6.30. The van der Waals surface area contributed by atoms with Crippen molar-refractivity contribution in [2.24, 2.45) is 5.10 Å². The van der Waals surface area contributed by atoms with E-state index in [1.807, 2.05) is 19.1 Å². The number of rotatable bonds is 3. The summed E-state index contributed by atoms with van der Waals surface area (Å²) in [5.41, 5.74) is 6.15. The van der Waals surface area contributed by atoms with Gasteiger partial charge in [-0.3, -0.25) is 4.79 Å². The molecule has 0 aromatic heterocycles. The van der Waals surface area contributed by atoms with Gasteiger partial charge in [-0.2, -0.15) is 5.10 Å². The fraction of sp³-hybridized carbons (Fsp3) is 0.263. The van der Waals surface area contributed by atoms with E-state index >= 15 is 0 Å². The first-order valence-electron chi connectivity index (χ1n) is 7.48. The lowest BCUT2D eigenvalue weighted by atomic mass is 9.86. The lowest BCUT2D eigenvalue weighted by molar-refractivity contribution is 0.0955. The Morgan fingerprint density at radius 3 is 2.26 bits per heavy atom. The van der Waals surface area contributed by atoms with Crippen molar-refractivity contribution < 1.29 is 4.79 Å². The lowest BCUT2D eigenvalue weighted by Gasteiger charge is -2.19. The monoisotopic (exact) mass is 328 g/mol. The molecule has 0 atom stereocenters. The summed E-state index contributed by atoms with van der Waals surface area (Å²) < 4.78 is 0. The number of hydrogen-bond acceptors (Lipinski definition) is 2. The van der Waals surface area contributed by atoms with Gasteiger partial charge in [0.15, 0.2) is 0 Å². The summed E-state index contributed by atoms with van der Waals surface area (Å²) in [5, 5.41) is 4.69. The molecule has 0 bridgehead atoms. The first kappa shape index (κ1) is 17.2. The number of halogens is 1. The molecule has 1 N–H and O–H groups in total. The van der Waals surface area contributed by atoms with E-state index in [4.69, 9.17) is 11.6 Å². The SMILES string of the molecule is C/C(=N/NC(=O)c1cccc(Cl)c1)c1ccc(C(C)(C)C)cc1. The molecule has 4 heteroatoms. The highest BCUT2D eigenvalue weighted by Gasteiger charge is 2.13. The molecule has 0 aliphatic rings. The molecule has 0 unspecified atom stereocenters. The third-order valence-electron chi connectivity index (χ3n) is 3.58. The van der Waals surface area contributed by atoms with Crippen LogP contribution in [-0.4, -0.2) is 11.6 Å². The molecule has 1 amide bonds. The normalized spacial score (nSPS) is 12.1. The van der Waals surface area contributed by atoms with Crippen LogP contribution in [0.15, 0.2) is 53.6 Å². The zero-order valence-corrected chi connectivity index (χ0v) is 14.6. The van der Waals surface area contributed by atoms with E-state index in [1.54, 1.807) is 24.3 Å². The van der Waals surface area contributed by atoms with Crippen LogP contribution in [0.1, 0.15) is 49.2 Å². The standard InChI is InChI=1S/C19H21ClN2O/c1-13(14-8-10-16(11-9-14)19(2,3)4)21-22-18(23)15-6-5-7-17(20)12-15/h5-12H,1-4H3,(H,22,23)/b21-13-. The molecule has 2 rings (SSSR count). The van der Waals surface area contributed by atoms with Gasteiger partial charge in [-0.1, -0.05) is 62.7 Å². The highest BCUT2D eigenvalue weighted by Crippen LogP contribution is 2.22. The molecule has 2 aromatic carbocycles. The zero-order valence-electron chi connectivity index (χ0n) is 13.9. The average Bonchev–Trinajstić information content (AvgIpc) is 2.51. The third-order valence-corrected chi connectivity index (χ3v) is 3.82. The van der Waals surface area contributed by atoms with Crippen molar-refractivity contribution in [2.45, 2.75) is 33.1 Å². The molecule has 0 saturated carbocycles. The second-order valence-electron chi connectivity index (χ2n) is 6.48. The quantitative estimate of drug-likeness (QED) is 0.638. The maximum Gasteiger partial charge on any atom is 0.271 e. The zero-order chi connectivity index (χ0) is 17.0. The maximum atomic E-state index is 12.0. The van der Waals surface area contributed by atoms with Crippen molar-refractivity contribution >= 4 is 23.2 Å². The summed E-state index contributed by atoms with van der Waals surface area (Å²) >= 11 is 5.88. The van der Waals surface area contributed by atoms with Gasteiger partial charge < -0.3 is 0 Å². The predicted octanol–water partition coefficient (Wildman–Crippen LogP) is 4.79. The van der Waals surface area contributed by atoms with Crippen LogP contribution in [0.4, 0.5) is 0 Å². The Morgan fingerprint density at radius 2 is 1.70 bits per heavy atom. The Kier molecular flexibility index (Phi) is 5.22. The van der Waals surface area contributed by atoms with Crippen molar-refractivity contribution in [3.8, 4) is 0 Å². The fourth-order valence-corrected chi connectivity index (χ4v) is 2.30. The summed E-state index contributed by atoms with van der Waals surface area (Å²) in [7, 11) is 0. The summed E-state index contributed by atoms with van der Waals surface area (Å²) in [5.74, 6) is -0.279. The number of carbonyl (C=O) groups excluding carboxylic acids is 1. The molecule has 2 aromatic rings. The molecule has 0 saturated heterocycles. The van der Waals surface area contributed by atoms with E-state index in [0.717, 1.165) is 11.3 Å². The number of hydrazone groups is 1. The minimum atomic E-state index is -0.279. The Bertz CT molecular complexity index is 728. The number of amides is 1. The molecular weight excluding hydrogens is 308 g/mol. The Hall–Kier alpha value is -2.13. The van der Waals surface area contributed by atoms with Crippen LogP contribution in [0.3, 0.4) is 0 Å². The molecular formula is C19H21ClN2O. The van der Waals surface area contributed by atoms with Gasteiger partial charge in [0.2, 0.25) is 0 Å². The molecule has 0 fully saturated rings. The average molecular weight is 329 g/mol. The summed E-state index contributed by atoms with van der Waals surface area (Å²) in [4.78, 5) is 12.0. The Labute approximate surface area is 142 Å². The number of carbonyl (C=O) groups is 1. The van der Waals surface area contributed by atoms with Crippen molar-refractivity contribution in [1.82, 2.24) is 5.43 Å². The van der Waals surface area contributed by atoms with Crippen molar-refractivity contribution in [3.63, 3.8) is 0 Å². The Balaban J connectivity index is 2.09. The van der Waals surface area contributed by atoms with Gasteiger partial charge in [0, 0.05) is 10.6 Å². The number of nitrogens with one attached hydrogen (secondary N) is 1. The van der Waals surface area contributed by atoms with Crippen LogP contribution >= 0.6 is 11.6 Å². The summed E-state index contributed by atoms with van der Waals surface area (Å²) in [6.07, 6.45) is 0. The second-order valence-corrected chi connectivity index (χ2v) is 6.91. The Morgan fingerprint density at radius 1 is 1.04 bits per heavy atom. The van der Waals surface area contributed by atoms with E-state index in [-0.39, 0.29) is 11.3 Å². The predicted molar refractivity (Wildman–Crippen MR) is 96.3 cm³/mol. The van der Waals surface area contributed by atoms with E-state index in [9.17, 15) is 4.79 Å². The largest absolute Gasteiger partial charge is 0.271 e. The molecule has 120 valence electrons. The van der Waals surface area contributed by atoms with Crippen LogP contribution in [0.5, 0.6) is 0 Å². The molecule has 0 heterocycles. The van der Waals surface area contributed by atoms with Crippen LogP contribution in [0.25, 0.3) is 0 Å². The van der Waals surface area contributed by atoms with Crippen LogP contribution < -0.4 is 5.43 Å². The molecule has 3 nitrogen and oxygen atoms in total. The molecule has 0 radical (unpaired) electrons. The van der Waals surface area contributed by atoms with Crippen molar-refractivity contribution in [3.05, 3.63) is 70.2 Å². The minimum Gasteiger partial charge on any atom is -0.267 e. The first-order chi connectivity index (χ1) is 10.8. The van der Waals surface area contributed by atoms with E-state index in [1.165, 1.54) is 5.56 Å². The summed E-state index contributed by atoms with van der Waals surface area (Å²) in [6.45, 7) is 8.39. The van der Waals surface area contributed by atoms with Gasteiger partial charge in [-0.05, 0) is 41.7 Å². The van der Waals surface area contributed by atoms with Gasteiger partial charge in [0.05, 0.1) is 5.71 Å². The van der Waals surface area contributed by atoms with Gasteiger partial charge >= 0.3 is 0 Å². The van der Waals surface area contributed by atoms with Crippen molar-refractivity contribution in [2.75, 3.05) is 0 Å². The van der Waals surface area contributed by atoms with Gasteiger partial charge in [-0.15, -0.1) is 0 Å². The summed E-state index contributed by atoms with van der Waals surface area (Å²) in [6, 6.07) is 15.0. The molecule has 0 aliphatic heterocycles. The number of hydrogen-bond donors (Lipinski definition) is 1. The number of nitrogens with zero attached hydrogens (tertiary/aromatic N) is 1. The maximum absolute atomic E-state index is 12.0. The van der Waals surface area contributed by atoms with Gasteiger partial charge in [0.1, 0.15) is 0 Å². The van der Waals surface area contributed by atoms with E-state index in [2.05, 4.69) is 43.4 Å². The van der Waals surface area contributed by atoms with Gasteiger partial charge in [0.25, 0.3) is 5.91 Å². The first-order valence-corrected chi connectivity index (χ1v) is 7.86. The molecule has 23 heavy (non-hydrogen) atoms. The fourth-order valence-electron chi connectivity index (χ4n) is 2.10.